The Kier molecular flexibility index (Phi) is 7.43. The minimum absolute atomic E-state index is 0.0789. The Balaban J connectivity index is 1.75. The SMILES string of the molecule is COC[C@@H](O)CNCC(=O)N1CCc2cc(C#N)ccc2C1C1CCCCC1. The van der Waals surface area contributed by atoms with Crippen molar-refractivity contribution in [2.24, 2.45) is 5.92 Å². The van der Waals surface area contributed by atoms with E-state index in [-0.39, 0.29) is 25.1 Å². The number of methoxy groups -OCH3 is 1. The van der Waals surface area contributed by atoms with Crippen LogP contribution in [0.1, 0.15) is 54.8 Å². The molecule has 6 heteroatoms. The van der Waals surface area contributed by atoms with Gasteiger partial charge in [0.25, 0.3) is 0 Å². The highest BCUT2D eigenvalue weighted by Gasteiger charge is 2.36. The summed E-state index contributed by atoms with van der Waals surface area (Å²) in [5, 5.41) is 22.1. The number of amides is 1. The molecule has 0 bridgehead atoms. The Morgan fingerprint density at radius 2 is 2.18 bits per heavy atom. The number of nitriles is 1. The lowest BCUT2D eigenvalue weighted by Crippen LogP contribution is -2.47. The van der Waals surface area contributed by atoms with Crippen LogP contribution < -0.4 is 5.32 Å². The Morgan fingerprint density at radius 1 is 1.39 bits per heavy atom. The van der Waals surface area contributed by atoms with Gasteiger partial charge < -0.3 is 20.1 Å². The molecule has 0 aromatic heterocycles. The van der Waals surface area contributed by atoms with E-state index in [1.807, 2.05) is 17.0 Å². The average Bonchev–Trinajstić information content (AvgIpc) is 2.73. The van der Waals surface area contributed by atoms with Crippen LogP contribution in [0.15, 0.2) is 18.2 Å². The van der Waals surface area contributed by atoms with Crippen LogP contribution in [0.3, 0.4) is 0 Å². The fourth-order valence-corrected chi connectivity index (χ4v) is 4.66. The summed E-state index contributed by atoms with van der Waals surface area (Å²) >= 11 is 0. The summed E-state index contributed by atoms with van der Waals surface area (Å²) in [6.07, 6.45) is 6.18. The molecule has 2 aliphatic rings. The Labute approximate surface area is 167 Å². The van der Waals surface area contributed by atoms with Crippen molar-refractivity contribution >= 4 is 5.91 Å². The Bertz CT molecular complexity index is 709. The van der Waals surface area contributed by atoms with E-state index < -0.39 is 6.10 Å². The molecule has 1 aliphatic carbocycles. The number of ether oxygens (including phenoxy) is 1. The largest absolute Gasteiger partial charge is 0.389 e. The van der Waals surface area contributed by atoms with Gasteiger partial charge in [0, 0.05) is 20.2 Å². The Hall–Kier alpha value is -1.94. The monoisotopic (exact) mass is 385 g/mol. The van der Waals surface area contributed by atoms with Crippen molar-refractivity contribution in [1.82, 2.24) is 10.2 Å². The van der Waals surface area contributed by atoms with E-state index in [9.17, 15) is 15.2 Å². The summed E-state index contributed by atoms with van der Waals surface area (Å²) in [5.41, 5.74) is 3.11. The minimum Gasteiger partial charge on any atom is -0.389 e. The lowest BCUT2D eigenvalue weighted by atomic mass is 9.77. The molecule has 1 aliphatic heterocycles. The van der Waals surface area contributed by atoms with Crippen LogP contribution >= 0.6 is 0 Å². The van der Waals surface area contributed by atoms with Gasteiger partial charge in [-0.25, -0.2) is 0 Å². The fourth-order valence-electron chi connectivity index (χ4n) is 4.66. The number of rotatable bonds is 7. The molecule has 28 heavy (non-hydrogen) atoms. The van der Waals surface area contributed by atoms with Crippen molar-refractivity contribution in [2.45, 2.75) is 50.7 Å². The first-order valence-electron chi connectivity index (χ1n) is 10.3. The number of nitrogens with zero attached hydrogens (tertiary/aromatic N) is 2. The van der Waals surface area contributed by atoms with E-state index in [1.54, 1.807) is 7.11 Å². The first kappa shape index (κ1) is 20.8. The van der Waals surface area contributed by atoms with Crippen molar-refractivity contribution in [3.05, 3.63) is 34.9 Å². The Morgan fingerprint density at radius 3 is 2.89 bits per heavy atom. The van der Waals surface area contributed by atoms with Gasteiger partial charge in [-0.1, -0.05) is 25.3 Å². The van der Waals surface area contributed by atoms with Crippen molar-refractivity contribution in [2.75, 3.05) is 33.4 Å². The van der Waals surface area contributed by atoms with E-state index in [0.29, 0.717) is 24.6 Å². The molecule has 1 fully saturated rings. The average molecular weight is 386 g/mol. The van der Waals surface area contributed by atoms with Gasteiger partial charge in [-0.2, -0.15) is 5.26 Å². The lowest BCUT2D eigenvalue weighted by Gasteiger charge is -2.43. The number of aliphatic hydroxyl groups excluding tert-OH is 1. The third-order valence-corrected chi connectivity index (χ3v) is 5.98. The molecule has 3 rings (SSSR count). The van der Waals surface area contributed by atoms with Gasteiger partial charge in [0.05, 0.1) is 36.9 Å². The van der Waals surface area contributed by atoms with E-state index in [0.717, 1.165) is 19.3 Å². The van der Waals surface area contributed by atoms with Gasteiger partial charge in [0.15, 0.2) is 0 Å². The molecule has 6 nitrogen and oxygen atoms in total. The van der Waals surface area contributed by atoms with Gasteiger partial charge in [-0.3, -0.25) is 4.79 Å². The van der Waals surface area contributed by atoms with E-state index in [4.69, 9.17) is 4.74 Å². The summed E-state index contributed by atoms with van der Waals surface area (Å²) < 4.78 is 4.92. The van der Waals surface area contributed by atoms with Gasteiger partial charge in [-0.05, 0) is 48.4 Å². The minimum atomic E-state index is -0.613. The smallest absolute Gasteiger partial charge is 0.237 e. The molecule has 152 valence electrons. The van der Waals surface area contributed by atoms with Gasteiger partial charge in [-0.15, -0.1) is 0 Å². The predicted octanol–water partition coefficient (Wildman–Crippen LogP) is 2.16. The molecule has 0 radical (unpaired) electrons. The standard InChI is InChI=1S/C22H31N3O3/c1-28-15-19(26)13-24-14-21(27)25-10-9-18-11-16(12-23)7-8-20(18)22(25)17-5-3-2-4-6-17/h7-8,11,17,19,22,24,26H,2-6,9-10,13-15H2,1H3/t19-,22?/m0/s1. The second-order valence-electron chi connectivity index (χ2n) is 7.95. The number of carbonyl (C=O) groups is 1. The van der Waals surface area contributed by atoms with Gasteiger partial charge >= 0.3 is 0 Å². The zero-order valence-electron chi connectivity index (χ0n) is 16.7. The molecule has 1 aromatic carbocycles. The number of carbonyl (C=O) groups excluding carboxylic acids is 1. The molecule has 0 spiro atoms. The number of hydrogen-bond acceptors (Lipinski definition) is 5. The number of hydrogen-bond donors (Lipinski definition) is 2. The number of fused-ring (bicyclic) bond motifs is 1. The molecule has 1 amide bonds. The van der Waals surface area contributed by atoms with Crippen molar-refractivity contribution in [1.29, 1.82) is 5.26 Å². The molecule has 2 atom stereocenters. The summed E-state index contributed by atoms with van der Waals surface area (Å²) in [5.74, 6) is 0.555. The summed E-state index contributed by atoms with van der Waals surface area (Å²) in [7, 11) is 1.55. The van der Waals surface area contributed by atoms with E-state index >= 15 is 0 Å². The normalized spacial score (nSPS) is 21.0. The van der Waals surface area contributed by atoms with Crippen molar-refractivity contribution < 1.29 is 14.6 Å². The van der Waals surface area contributed by atoms with Crippen LogP contribution in [-0.2, 0) is 16.0 Å². The topological polar surface area (TPSA) is 85.6 Å². The highest BCUT2D eigenvalue weighted by Crippen LogP contribution is 2.42. The van der Waals surface area contributed by atoms with Crippen molar-refractivity contribution in [3.8, 4) is 6.07 Å². The number of nitrogens with one attached hydrogen (secondary N) is 1. The third kappa shape index (κ3) is 4.91. The maximum Gasteiger partial charge on any atom is 0.237 e. The van der Waals surface area contributed by atoms with Crippen LogP contribution in [0.4, 0.5) is 0 Å². The van der Waals surface area contributed by atoms with Crippen LogP contribution in [0.2, 0.25) is 0 Å². The van der Waals surface area contributed by atoms with Crippen LogP contribution in [0.5, 0.6) is 0 Å². The summed E-state index contributed by atoms with van der Waals surface area (Å²) in [4.78, 5) is 15.0. The van der Waals surface area contributed by atoms with Crippen LogP contribution in [0, 0.1) is 17.2 Å². The maximum absolute atomic E-state index is 13.0. The quantitative estimate of drug-likeness (QED) is 0.751. The summed E-state index contributed by atoms with van der Waals surface area (Å²) in [6.45, 7) is 1.49. The molecular weight excluding hydrogens is 354 g/mol. The van der Waals surface area contributed by atoms with Crippen molar-refractivity contribution in [3.63, 3.8) is 0 Å². The number of benzene rings is 1. The first-order valence-corrected chi connectivity index (χ1v) is 10.3. The zero-order valence-corrected chi connectivity index (χ0v) is 16.7. The molecule has 0 saturated heterocycles. The van der Waals surface area contributed by atoms with E-state index in [1.165, 1.54) is 30.4 Å². The molecule has 2 N–H and O–H groups in total. The lowest BCUT2D eigenvalue weighted by molar-refractivity contribution is -0.135. The van der Waals surface area contributed by atoms with Crippen LogP contribution in [-0.4, -0.2) is 55.4 Å². The zero-order chi connectivity index (χ0) is 19.9. The first-order chi connectivity index (χ1) is 13.6. The van der Waals surface area contributed by atoms with Crippen LogP contribution in [0.25, 0.3) is 0 Å². The van der Waals surface area contributed by atoms with E-state index in [2.05, 4.69) is 17.5 Å². The fraction of sp³-hybridized carbons (Fsp3) is 0.636. The number of aliphatic hydroxyl groups is 1. The van der Waals surface area contributed by atoms with Gasteiger partial charge in [0.2, 0.25) is 5.91 Å². The highest BCUT2D eigenvalue weighted by atomic mass is 16.5. The molecular formula is C22H31N3O3. The third-order valence-electron chi connectivity index (χ3n) is 5.98. The predicted molar refractivity (Wildman–Crippen MR) is 107 cm³/mol. The molecule has 1 heterocycles. The van der Waals surface area contributed by atoms with Gasteiger partial charge in [0.1, 0.15) is 0 Å². The summed E-state index contributed by atoms with van der Waals surface area (Å²) in [6, 6.07) is 8.25. The second kappa shape index (κ2) is 10.0. The molecule has 1 aromatic rings. The highest BCUT2D eigenvalue weighted by molar-refractivity contribution is 5.79. The molecule has 1 saturated carbocycles. The molecule has 1 unspecified atom stereocenters. The second-order valence-corrected chi connectivity index (χ2v) is 7.95. The maximum atomic E-state index is 13.0.